The number of benzene rings is 1. The number of para-hydroxylation sites is 2. The number of nitrogens with zero attached hydrogens (tertiary/aromatic N) is 3. The van der Waals surface area contributed by atoms with Crippen molar-refractivity contribution in [1.82, 2.24) is 15.2 Å². The maximum Gasteiger partial charge on any atom is 0.158 e. The van der Waals surface area contributed by atoms with Crippen LogP contribution < -0.4 is 10.6 Å². The van der Waals surface area contributed by atoms with Gasteiger partial charge in [0.15, 0.2) is 5.84 Å². The zero-order valence-electron chi connectivity index (χ0n) is 17.0. The standard InChI is InChI=1S/C21H29N5OS/c1-13(2)20-25-18-19(26-10-9-22-15(12-26)11-14(3)27-4)23-16-7-5-6-8-17(16)24-21(18)28-20/h5-8,13-15,22,24H,9-12H2,1-4H3/t14-,15?/m0/s1. The summed E-state index contributed by atoms with van der Waals surface area (Å²) in [5.41, 5.74) is 2.98. The predicted molar refractivity (Wildman–Crippen MR) is 117 cm³/mol. The third-order valence-corrected chi connectivity index (χ3v) is 6.57. The predicted octanol–water partition coefficient (Wildman–Crippen LogP) is 4.10. The number of hydrogen-bond donors (Lipinski definition) is 2. The number of thiazole rings is 1. The Kier molecular flexibility index (Phi) is 5.66. The van der Waals surface area contributed by atoms with Crippen LogP contribution in [0.2, 0.25) is 0 Å². The molecule has 2 atom stereocenters. The maximum atomic E-state index is 5.48. The lowest BCUT2D eigenvalue weighted by Crippen LogP contribution is -2.53. The molecule has 1 aromatic heterocycles. The molecule has 4 rings (SSSR count). The molecule has 2 aliphatic rings. The minimum Gasteiger partial charge on any atom is -0.382 e. The van der Waals surface area contributed by atoms with E-state index in [1.165, 1.54) is 0 Å². The van der Waals surface area contributed by atoms with E-state index in [-0.39, 0.29) is 6.10 Å². The van der Waals surface area contributed by atoms with Crippen molar-refractivity contribution in [3.63, 3.8) is 0 Å². The number of hydrogen-bond acceptors (Lipinski definition) is 7. The Morgan fingerprint density at radius 1 is 1.29 bits per heavy atom. The van der Waals surface area contributed by atoms with E-state index in [1.807, 2.05) is 12.1 Å². The number of piperazine rings is 1. The summed E-state index contributed by atoms with van der Waals surface area (Å²) in [6.45, 7) is 9.27. The molecule has 6 nitrogen and oxygen atoms in total. The average Bonchev–Trinajstić information content (AvgIpc) is 3.04. The molecule has 0 radical (unpaired) electrons. The Labute approximate surface area is 171 Å². The summed E-state index contributed by atoms with van der Waals surface area (Å²) in [7, 11) is 1.78. The molecule has 28 heavy (non-hydrogen) atoms. The molecule has 7 heteroatoms. The SMILES string of the molecule is CO[C@@H](C)CC1CN(C2=Nc3ccccc3Nc3sc(C(C)C)nc32)CCN1. The second kappa shape index (κ2) is 8.19. The molecule has 0 spiro atoms. The van der Waals surface area contributed by atoms with Crippen molar-refractivity contribution in [2.75, 3.05) is 32.1 Å². The van der Waals surface area contributed by atoms with Crippen molar-refractivity contribution >= 4 is 33.5 Å². The van der Waals surface area contributed by atoms with Crippen molar-refractivity contribution in [2.45, 2.75) is 45.3 Å². The number of aromatic nitrogens is 1. The zero-order valence-corrected chi connectivity index (χ0v) is 17.8. The molecule has 1 unspecified atom stereocenters. The first-order valence-electron chi connectivity index (χ1n) is 10.0. The van der Waals surface area contributed by atoms with Crippen LogP contribution in [-0.2, 0) is 4.74 Å². The van der Waals surface area contributed by atoms with Gasteiger partial charge in [-0.15, -0.1) is 11.3 Å². The molecular formula is C21H29N5OS. The number of nitrogens with one attached hydrogen (secondary N) is 2. The molecule has 1 fully saturated rings. The summed E-state index contributed by atoms with van der Waals surface area (Å²) < 4.78 is 5.48. The van der Waals surface area contributed by atoms with E-state index in [1.54, 1.807) is 18.4 Å². The number of methoxy groups -OCH3 is 1. The van der Waals surface area contributed by atoms with E-state index >= 15 is 0 Å². The van der Waals surface area contributed by atoms with Crippen LogP contribution in [0.15, 0.2) is 29.3 Å². The van der Waals surface area contributed by atoms with E-state index in [4.69, 9.17) is 14.7 Å². The zero-order chi connectivity index (χ0) is 19.7. The molecule has 2 N–H and O–H groups in total. The monoisotopic (exact) mass is 399 g/mol. The molecule has 150 valence electrons. The van der Waals surface area contributed by atoms with E-state index < -0.39 is 0 Å². The highest BCUT2D eigenvalue weighted by Gasteiger charge is 2.29. The third-order valence-electron chi connectivity index (χ3n) is 5.30. The third kappa shape index (κ3) is 3.92. The molecular weight excluding hydrogens is 370 g/mol. The number of aliphatic imine (C=N–C) groups is 1. The van der Waals surface area contributed by atoms with Crippen LogP contribution in [0, 0.1) is 0 Å². The van der Waals surface area contributed by atoms with Gasteiger partial charge in [-0.3, -0.25) is 0 Å². The van der Waals surface area contributed by atoms with Gasteiger partial charge < -0.3 is 20.3 Å². The molecule has 3 heterocycles. The number of ether oxygens (including phenoxy) is 1. The van der Waals surface area contributed by atoms with Gasteiger partial charge in [0.1, 0.15) is 10.7 Å². The topological polar surface area (TPSA) is 61.8 Å². The van der Waals surface area contributed by atoms with Gasteiger partial charge in [-0.05, 0) is 25.5 Å². The Morgan fingerprint density at radius 3 is 2.89 bits per heavy atom. The van der Waals surface area contributed by atoms with E-state index in [0.29, 0.717) is 12.0 Å². The lowest BCUT2D eigenvalue weighted by Gasteiger charge is -2.36. The van der Waals surface area contributed by atoms with Crippen LogP contribution in [0.1, 0.15) is 43.8 Å². The first-order chi connectivity index (χ1) is 13.5. The van der Waals surface area contributed by atoms with Crippen molar-refractivity contribution < 1.29 is 4.74 Å². The number of fused-ring (bicyclic) bond motifs is 2. The summed E-state index contributed by atoms with van der Waals surface area (Å²) in [6.07, 6.45) is 1.22. The summed E-state index contributed by atoms with van der Waals surface area (Å²) in [4.78, 5) is 12.5. The molecule has 1 aromatic carbocycles. The fourth-order valence-corrected chi connectivity index (χ4v) is 4.66. The van der Waals surface area contributed by atoms with Crippen molar-refractivity contribution in [2.24, 2.45) is 4.99 Å². The highest BCUT2D eigenvalue weighted by molar-refractivity contribution is 7.16. The molecule has 0 aliphatic carbocycles. The van der Waals surface area contributed by atoms with Gasteiger partial charge in [0.2, 0.25) is 0 Å². The maximum absolute atomic E-state index is 5.48. The minimum absolute atomic E-state index is 0.235. The molecule has 2 aliphatic heterocycles. The van der Waals surface area contributed by atoms with Crippen LogP contribution in [0.3, 0.4) is 0 Å². The molecule has 0 bridgehead atoms. The van der Waals surface area contributed by atoms with Crippen LogP contribution in [0.5, 0.6) is 0 Å². The van der Waals surface area contributed by atoms with Gasteiger partial charge in [0.25, 0.3) is 0 Å². The normalized spacial score (nSPS) is 20.1. The largest absolute Gasteiger partial charge is 0.382 e. The summed E-state index contributed by atoms with van der Waals surface area (Å²) in [5, 5.41) is 9.44. The fourth-order valence-electron chi connectivity index (χ4n) is 3.68. The smallest absolute Gasteiger partial charge is 0.158 e. The first kappa shape index (κ1) is 19.4. The lowest BCUT2D eigenvalue weighted by atomic mass is 10.1. The lowest BCUT2D eigenvalue weighted by molar-refractivity contribution is 0.0929. The quantitative estimate of drug-likeness (QED) is 0.810. The second-order valence-electron chi connectivity index (χ2n) is 7.84. The van der Waals surface area contributed by atoms with Gasteiger partial charge in [-0.2, -0.15) is 0 Å². The Hall–Kier alpha value is -1.96. The number of rotatable bonds is 4. The molecule has 0 saturated carbocycles. The van der Waals surface area contributed by atoms with Crippen LogP contribution in [0.4, 0.5) is 16.4 Å². The van der Waals surface area contributed by atoms with Gasteiger partial charge >= 0.3 is 0 Å². The van der Waals surface area contributed by atoms with Crippen LogP contribution in [-0.4, -0.2) is 54.6 Å². The summed E-state index contributed by atoms with van der Waals surface area (Å²) in [5.74, 6) is 1.38. The van der Waals surface area contributed by atoms with Gasteiger partial charge in [0.05, 0.1) is 22.5 Å². The highest BCUT2D eigenvalue weighted by Crippen LogP contribution is 2.39. The summed E-state index contributed by atoms with van der Waals surface area (Å²) >= 11 is 1.74. The van der Waals surface area contributed by atoms with Crippen LogP contribution in [0.25, 0.3) is 0 Å². The van der Waals surface area contributed by atoms with E-state index in [9.17, 15) is 0 Å². The number of amidine groups is 1. The highest BCUT2D eigenvalue weighted by atomic mass is 32.1. The van der Waals surface area contributed by atoms with Crippen molar-refractivity contribution in [3.05, 3.63) is 35.0 Å². The van der Waals surface area contributed by atoms with Crippen LogP contribution >= 0.6 is 11.3 Å². The van der Waals surface area contributed by atoms with Gasteiger partial charge in [-0.25, -0.2) is 9.98 Å². The summed E-state index contributed by atoms with van der Waals surface area (Å²) in [6, 6.07) is 8.61. The van der Waals surface area contributed by atoms with E-state index in [0.717, 1.165) is 59.0 Å². The molecule has 0 amide bonds. The minimum atomic E-state index is 0.235. The van der Waals surface area contributed by atoms with Gasteiger partial charge in [-0.1, -0.05) is 26.0 Å². The average molecular weight is 400 g/mol. The Bertz CT molecular complexity index is 862. The molecule has 1 saturated heterocycles. The van der Waals surface area contributed by atoms with Crippen molar-refractivity contribution in [3.8, 4) is 0 Å². The van der Waals surface area contributed by atoms with Crippen molar-refractivity contribution in [1.29, 1.82) is 0 Å². The Balaban J connectivity index is 1.70. The molecule has 2 aromatic rings. The first-order valence-corrected chi connectivity index (χ1v) is 10.8. The fraction of sp³-hybridized carbons (Fsp3) is 0.524. The second-order valence-corrected chi connectivity index (χ2v) is 8.87. The Morgan fingerprint density at radius 2 is 2.11 bits per heavy atom. The number of anilines is 2. The van der Waals surface area contributed by atoms with Gasteiger partial charge in [0, 0.05) is 38.7 Å². The van der Waals surface area contributed by atoms with E-state index in [2.05, 4.69) is 48.4 Å².